The van der Waals surface area contributed by atoms with Gasteiger partial charge in [0.05, 0.1) is 11.2 Å². The summed E-state index contributed by atoms with van der Waals surface area (Å²) in [5, 5.41) is 1.74. The lowest BCUT2D eigenvalue weighted by Crippen LogP contribution is -2.12. The van der Waals surface area contributed by atoms with Crippen molar-refractivity contribution in [3.8, 4) is 5.75 Å². The van der Waals surface area contributed by atoms with Crippen molar-refractivity contribution < 1.29 is 17.4 Å². The van der Waals surface area contributed by atoms with Gasteiger partial charge in [-0.3, -0.25) is 4.79 Å². The summed E-state index contributed by atoms with van der Waals surface area (Å²) in [4.78, 5) is 14.3. The monoisotopic (exact) mass is 468 g/mol. The molecule has 3 aromatic carbocycles. The zero-order valence-corrected chi connectivity index (χ0v) is 19.0. The number of benzene rings is 3. The van der Waals surface area contributed by atoms with Crippen molar-refractivity contribution in [2.75, 3.05) is 6.26 Å². The van der Waals surface area contributed by atoms with Gasteiger partial charge in [-0.1, -0.05) is 42.5 Å². The molecule has 3 aromatic rings. The minimum Gasteiger partial charge on any atom is -0.381 e. The highest BCUT2D eigenvalue weighted by Gasteiger charge is 2.24. The standard InChI is InChI=1S/C19H16O4S5/c1-28(21,22)23-15-13(16(24)18(26)19(27)17(15)25)9-14(20)12-8-4-6-10-5-2-3-7-11(10)12/h2-8,24-27H,9H2,1H3. The summed E-state index contributed by atoms with van der Waals surface area (Å²) < 4.78 is 28.6. The topological polar surface area (TPSA) is 60.4 Å². The van der Waals surface area contributed by atoms with Crippen molar-refractivity contribution in [1.82, 2.24) is 0 Å². The maximum absolute atomic E-state index is 13.1. The summed E-state index contributed by atoms with van der Waals surface area (Å²) in [6.07, 6.45) is 0.786. The van der Waals surface area contributed by atoms with Crippen LogP contribution in [0.2, 0.25) is 0 Å². The SMILES string of the molecule is CS(=O)(=O)Oc1c(S)c(S)c(S)c(S)c1CC(=O)c1cccc2ccccc12. The van der Waals surface area contributed by atoms with Gasteiger partial charge in [0.1, 0.15) is 0 Å². The number of ketones is 1. The van der Waals surface area contributed by atoms with Gasteiger partial charge in [-0.15, -0.1) is 50.5 Å². The van der Waals surface area contributed by atoms with Crippen LogP contribution in [-0.2, 0) is 16.5 Å². The van der Waals surface area contributed by atoms with E-state index in [1.807, 2.05) is 30.3 Å². The summed E-state index contributed by atoms with van der Waals surface area (Å²) >= 11 is 17.4. The summed E-state index contributed by atoms with van der Waals surface area (Å²) in [7, 11) is -3.86. The lowest BCUT2D eigenvalue weighted by molar-refractivity contribution is 0.0993. The van der Waals surface area contributed by atoms with E-state index < -0.39 is 10.1 Å². The van der Waals surface area contributed by atoms with E-state index in [2.05, 4.69) is 50.5 Å². The van der Waals surface area contributed by atoms with E-state index in [0.29, 0.717) is 25.8 Å². The molecule has 0 aromatic heterocycles. The highest BCUT2D eigenvalue weighted by atomic mass is 32.2. The van der Waals surface area contributed by atoms with E-state index >= 15 is 0 Å². The van der Waals surface area contributed by atoms with Crippen LogP contribution >= 0.6 is 50.5 Å². The van der Waals surface area contributed by atoms with Gasteiger partial charge in [-0.2, -0.15) is 8.42 Å². The number of hydrogen-bond donors (Lipinski definition) is 4. The van der Waals surface area contributed by atoms with Crippen LogP contribution in [0.4, 0.5) is 0 Å². The molecule has 0 bridgehead atoms. The largest absolute Gasteiger partial charge is 0.381 e. The van der Waals surface area contributed by atoms with Crippen LogP contribution in [-0.4, -0.2) is 20.5 Å². The molecule has 0 saturated carbocycles. The molecule has 0 aliphatic rings. The van der Waals surface area contributed by atoms with E-state index in [1.165, 1.54) is 0 Å². The summed E-state index contributed by atoms with van der Waals surface area (Å²) in [6, 6.07) is 13.0. The number of rotatable bonds is 5. The average Bonchev–Trinajstić information content (AvgIpc) is 2.66. The van der Waals surface area contributed by atoms with Gasteiger partial charge in [0.25, 0.3) is 0 Å². The van der Waals surface area contributed by atoms with Crippen LogP contribution in [0.1, 0.15) is 15.9 Å². The number of carbonyl (C=O) groups excluding carboxylic acids is 1. The quantitative estimate of drug-likeness (QED) is 0.248. The zero-order chi connectivity index (χ0) is 20.6. The molecule has 0 aliphatic carbocycles. The average molecular weight is 469 g/mol. The molecule has 28 heavy (non-hydrogen) atoms. The minimum absolute atomic E-state index is 0.0628. The molecular weight excluding hydrogens is 453 g/mol. The van der Waals surface area contributed by atoms with Crippen LogP contribution < -0.4 is 4.18 Å². The second kappa shape index (κ2) is 8.23. The summed E-state index contributed by atoms with van der Waals surface area (Å²) in [5.74, 6) is -0.273. The Kier molecular flexibility index (Phi) is 6.31. The van der Waals surface area contributed by atoms with E-state index in [9.17, 15) is 13.2 Å². The molecule has 0 amide bonds. The van der Waals surface area contributed by atoms with Gasteiger partial charge in [0.2, 0.25) is 0 Å². The first-order valence-corrected chi connectivity index (χ1v) is 11.6. The minimum atomic E-state index is -3.86. The van der Waals surface area contributed by atoms with Gasteiger partial charge in [-0.05, 0) is 10.8 Å². The Hall–Kier alpha value is -1.26. The second-order valence-electron chi connectivity index (χ2n) is 6.12. The molecule has 0 atom stereocenters. The molecule has 0 heterocycles. The Labute approximate surface area is 185 Å². The lowest BCUT2D eigenvalue weighted by atomic mass is 9.97. The van der Waals surface area contributed by atoms with Gasteiger partial charge in [-0.25, -0.2) is 0 Å². The fraction of sp³-hybridized carbons (Fsp3) is 0.105. The molecule has 0 saturated heterocycles. The Morgan fingerprint density at radius 2 is 1.50 bits per heavy atom. The van der Waals surface area contributed by atoms with Crippen LogP contribution in [0.15, 0.2) is 62.0 Å². The van der Waals surface area contributed by atoms with Crippen LogP contribution in [0, 0.1) is 0 Å². The van der Waals surface area contributed by atoms with E-state index in [4.69, 9.17) is 4.18 Å². The van der Waals surface area contributed by atoms with Crippen molar-refractivity contribution in [2.24, 2.45) is 0 Å². The molecule has 0 radical (unpaired) electrons. The first-order valence-electron chi connectivity index (χ1n) is 7.99. The molecule has 0 spiro atoms. The predicted molar refractivity (Wildman–Crippen MR) is 123 cm³/mol. The first kappa shape index (κ1) is 21.4. The van der Waals surface area contributed by atoms with Crippen molar-refractivity contribution in [1.29, 1.82) is 0 Å². The Bertz CT molecular complexity index is 1200. The Morgan fingerprint density at radius 3 is 2.18 bits per heavy atom. The third-order valence-corrected chi connectivity index (χ3v) is 6.92. The van der Waals surface area contributed by atoms with Crippen molar-refractivity contribution >= 4 is 77.2 Å². The Balaban J connectivity index is 2.14. The van der Waals surface area contributed by atoms with Crippen molar-refractivity contribution in [2.45, 2.75) is 26.0 Å². The van der Waals surface area contributed by atoms with Crippen molar-refractivity contribution in [3.63, 3.8) is 0 Å². The molecule has 0 aliphatic heterocycles. The van der Waals surface area contributed by atoms with Crippen LogP contribution in [0.3, 0.4) is 0 Å². The number of carbonyl (C=O) groups is 1. The van der Waals surface area contributed by atoms with Gasteiger partial charge < -0.3 is 4.18 Å². The second-order valence-corrected chi connectivity index (χ2v) is 9.48. The lowest BCUT2D eigenvalue weighted by Gasteiger charge is -2.18. The first-order chi connectivity index (χ1) is 13.1. The van der Waals surface area contributed by atoms with E-state index in [-0.39, 0.29) is 22.8 Å². The Morgan fingerprint density at radius 1 is 0.893 bits per heavy atom. The summed E-state index contributed by atoms with van der Waals surface area (Å²) in [6.45, 7) is 0. The molecule has 4 nitrogen and oxygen atoms in total. The number of hydrogen-bond acceptors (Lipinski definition) is 8. The molecular formula is C19H16O4S5. The molecule has 0 unspecified atom stereocenters. The number of fused-ring (bicyclic) bond motifs is 1. The molecule has 9 heteroatoms. The number of thiol groups is 4. The van der Waals surface area contributed by atoms with Gasteiger partial charge >= 0.3 is 10.1 Å². The molecule has 0 fully saturated rings. The maximum atomic E-state index is 13.1. The molecule has 3 rings (SSSR count). The molecule has 0 N–H and O–H groups in total. The predicted octanol–water partition coefficient (Wildman–Crippen LogP) is 4.76. The molecule has 146 valence electrons. The van der Waals surface area contributed by atoms with Crippen molar-refractivity contribution in [3.05, 3.63) is 53.6 Å². The third-order valence-electron chi connectivity index (χ3n) is 4.11. The maximum Gasteiger partial charge on any atom is 0.306 e. The number of Topliss-reactive ketones (excluding diaryl/α,β-unsaturated/α-hetero) is 1. The summed E-state index contributed by atoms with van der Waals surface area (Å²) in [5.41, 5.74) is 0.812. The van der Waals surface area contributed by atoms with Crippen LogP contribution in [0.5, 0.6) is 5.75 Å². The highest BCUT2D eigenvalue weighted by molar-refractivity contribution is 7.87. The van der Waals surface area contributed by atoms with Crippen LogP contribution in [0.25, 0.3) is 10.8 Å². The highest BCUT2D eigenvalue weighted by Crippen LogP contribution is 2.43. The van der Waals surface area contributed by atoms with Gasteiger partial charge in [0.15, 0.2) is 11.5 Å². The van der Waals surface area contributed by atoms with E-state index in [1.54, 1.807) is 12.1 Å². The fourth-order valence-corrected chi connectivity index (χ4v) is 4.62. The normalized spacial score (nSPS) is 11.6. The zero-order valence-electron chi connectivity index (χ0n) is 14.6. The van der Waals surface area contributed by atoms with E-state index in [0.717, 1.165) is 17.0 Å². The van der Waals surface area contributed by atoms with Gasteiger partial charge in [0, 0.05) is 32.2 Å². The third kappa shape index (κ3) is 4.33. The smallest absolute Gasteiger partial charge is 0.306 e. The fourth-order valence-electron chi connectivity index (χ4n) is 2.85.